The van der Waals surface area contributed by atoms with Crippen LogP contribution < -0.4 is 4.90 Å². The molecule has 398 valence electrons. The topological polar surface area (TPSA) is 3.24 Å². The van der Waals surface area contributed by atoms with E-state index < -0.39 is 10.8 Å². The smallest absolute Gasteiger partial charge is 0.0714 e. The van der Waals surface area contributed by atoms with Crippen molar-refractivity contribution in [2.45, 2.75) is 10.8 Å². The largest absolute Gasteiger partial charge is 0.310 e. The highest BCUT2D eigenvalue weighted by atomic mass is 15.1. The lowest BCUT2D eigenvalue weighted by Crippen LogP contribution is -2.28. The number of nitrogens with zero attached hydrogens (tertiary/aromatic N) is 1. The van der Waals surface area contributed by atoms with E-state index in [4.69, 9.17) is 0 Å². The van der Waals surface area contributed by atoms with Crippen LogP contribution in [-0.4, -0.2) is 0 Å². The summed E-state index contributed by atoms with van der Waals surface area (Å²) in [4.78, 5) is 2.49. The van der Waals surface area contributed by atoms with E-state index in [9.17, 15) is 0 Å². The summed E-state index contributed by atoms with van der Waals surface area (Å²) in [7, 11) is 0. The quantitative estimate of drug-likeness (QED) is 0.125. The number of hydrogen-bond donors (Lipinski definition) is 0. The standard InChI is InChI=1S/C84H57N/c1-5-29-67(30-6-1)83(68-31-7-2-8-32-68)76-40-17-15-37-74(76)81-73(39-21-42-78(81)83)60-49-53-72(54-50-60)85(80-44-22-43-79-82(80)75-38-16-18-41-77(75)84(79,69-33-9-3-10-34-69)70-35-11-4-12-36-70)71-51-47-59(48-52-71)62-25-19-26-63(55-62)64-27-20-28-65(57-64)66-46-45-58-23-13-14-24-61(58)56-66/h1-57H. The minimum Gasteiger partial charge on any atom is -0.310 e. The molecule has 2 aliphatic carbocycles. The predicted molar refractivity (Wildman–Crippen MR) is 355 cm³/mol. The third-order valence-corrected chi connectivity index (χ3v) is 18.2. The van der Waals surface area contributed by atoms with Crippen LogP contribution in [0.5, 0.6) is 0 Å². The molecule has 0 bridgehead atoms. The van der Waals surface area contributed by atoms with Crippen molar-refractivity contribution in [3.8, 4) is 66.8 Å². The Morgan fingerprint density at radius 2 is 0.553 bits per heavy atom. The van der Waals surface area contributed by atoms with Gasteiger partial charge in [-0.2, -0.15) is 0 Å². The molecule has 14 aromatic rings. The van der Waals surface area contributed by atoms with Crippen molar-refractivity contribution in [3.63, 3.8) is 0 Å². The lowest BCUT2D eigenvalue weighted by atomic mass is 9.67. The summed E-state index contributed by atoms with van der Waals surface area (Å²) < 4.78 is 0. The van der Waals surface area contributed by atoms with Gasteiger partial charge in [0.15, 0.2) is 0 Å². The second-order valence-corrected chi connectivity index (χ2v) is 22.6. The van der Waals surface area contributed by atoms with Gasteiger partial charge in [-0.15, -0.1) is 0 Å². The van der Waals surface area contributed by atoms with Gasteiger partial charge in [0.25, 0.3) is 0 Å². The van der Waals surface area contributed by atoms with Crippen LogP contribution in [0.4, 0.5) is 17.1 Å². The van der Waals surface area contributed by atoms with Crippen LogP contribution in [0.1, 0.15) is 44.5 Å². The van der Waals surface area contributed by atoms with E-state index in [0.29, 0.717) is 0 Å². The molecule has 16 rings (SSSR count). The van der Waals surface area contributed by atoms with Gasteiger partial charge in [0.2, 0.25) is 0 Å². The molecule has 85 heavy (non-hydrogen) atoms. The molecule has 0 saturated carbocycles. The molecule has 0 spiro atoms. The Hall–Kier alpha value is -10.9. The lowest BCUT2D eigenvalue weighted by molar-refractivity contribution is 0.768. The van der Waals surface area contributed by atoms with Gasteiger partial charge >= 0.3 is 0 Å². The van der Waals surface area contributed by atoms with Crippen molar-refractivity contribution in [1.29, 1.82) is 0 Å². The zero-order chi connectivity index (χ0) is 56.3. The number of anilines is 3. The van der Waals surface area contributed by atoms with Crippen LogP contribution in [0.2, 0.25) is 0 Å². The van der Waals surface area contributed by atoms with Crippen molar-refractivity contribution in [2.75, 3.05) is 4.90 Å². The molecule has 0 amide bonds. The molecule has 0 atom stereocenters. The summed E-state index contributed by atoms with van der Waals surface area (Å²) in [6, 6.07) is 128. The maximum atomic E-state index is 2.49. The fourth-order valence-electron chi connectivity index (χ4n) is 14.5. The predicted octanol–water partition coefficient (Wildman–Crippen LogP) is 21.7. The van der Waals surface area contributed by atoms with Gasteiger partial charge in [0.1, 0.15) is 0 Å². The van der Waals surface area contributed by atoms with Gasteiger partial charge in [-0.25, -0.2) is 0 Å². The first-order valence-corrected chi connectivity index (χ1v) is 29.6. The molecule has 0 saturated heterocycles. The normalized spacial score (nSPS) is 13.1. The van der Waals surface area contributed by atoms with Crippen molar-refractivity contribution in [3.05, 3.63) is 390 Å². The van der Waals surface area contributed by atoms with Crippen molar-refractivity contribution < 1.29 is 0 Å². The van der Waals surface area contributed by atoms with Crippen LogP contribution in [0.3, 0.4) is 0 Å². The number of rotatable bonds is 11. The molecule has 1 nitrogen and oxygen atoms in total. The van der Waals surface area contributed by atoms with E-state index in [1.54, 1.807) is 0 Å². The third-order valence-electron chi connectivity index (χ3n) is 18.2. The van der Waals surface area contributed by atoms with E-state index in [2.05, 4.69) is 351 Å². The second kappa shape index (κ2) is 20.5. The lowest BCUT2D eigenvalue weighted by Gasteiger charge is -2.34. The Bertz CT molecular complexity index is 4720. The van der Waals surface area contributed by atoms with Gasteiger partial charge in [0, 0.05) is 16.9 Å². The number of benzene rings is 14. The molecular weight excluding hydrogens is 1020 g/mol. The van der Waals surface area contributed by atoms with Gasteiger partial charge in [-0.1, -0.05) is 297 Å². The summed E-state index contributed by atoms with van der Waals surface area (Å²) in [5.74, 6) is 0. The first-order valence-electron chi connectivity index (χ1n) is 29.6. The van der Waals surface area contributed by atoms with E-state index in [1.807, 2.05) is 0 Å². The maximum Gasteiger partial charge on any atom is 0.0714 e. The highest BCUT2D eigenvalue weighted by molar-refractivity contribution is 5.99. The fourth-order valence-corrected chi connectivity index (χ4v) is 14.5. The Morgan fingerprint density at radius 1 is 0.200 bits per heavy atom. The van der Waals surface area contributed by atoms with E-state index >= 15 is 0 Å². The SMILES string of the molecule is c1ccc(C2(c3ccccc3)c3ccccc3-c3c(-c4ccc(N(c5ccc(-c6cccc(-c7cccc(-c8ccc9ccccc9c8)c7)c6)cc5)c5cccc6c5-c5ccccc5C6(c5ccccc5)c5ccccc5)cc4)cccc32)cc1. The Labute approximate surface area is 497 Å². The zero-order valence-corrected chi connectivity index (χ0v) is 46.9. The second-order valence-electron chi connectivity index (χ2n) is 22.6. The van der Waals surface area contributed by atoms with Crippen LogP contribution in [-0.2, 0) is 10.8 Å². The van der Waals surface area contributed by atoms with Gasteiger partial charge in [-0.3, -0.25) is 0 Å². The maximum absolute atomic E-state index is 2.49. The molecule has 14 aromatic carbocycles. The third kappa shape index (κ3) is 8.00. The van der Waals surface area contributed by atoms with Crippen LogP contribution in [0, 0.1) is 0 Å². The molecular formula is C84H57N. The van der Waals surface area contributed by atoms with E-state index in [-0.39, 0.29) is 0 Å². The van der Waals surface area contributed by atoms with Crippen LogP contribution >= 0.6 is 0 Å². The highest BCUT2D eigenvalue weighted by Crippen LogP contribution is 2.61. The fraction of sp³-hybridized carbons (Fsp3) is 0.0238. The van der Waals surface area contributed by atoms with Gasteiger partial charge in [0.05, 0.1) is 16.5 Å². The highest BCUT2D eigenvalue weighted by Gasteiger charge is 2.48. The molecule has 2 aliphatic rings. The Balaban J connectivity index is 0.843. The molecule has 0 unspecified atom stereocenters. The minimum atomic E-state index is -0.553. The zero-order valence-electron chi connectivity index (χ0n) is 46.9. The van der Waals surface area contributed by atoms with Crippen LogP contribution in [0.25, 0.3) is 77.5 Å². The molecule has 0 radical (unpaired) electrons. The van der Waals surface area contributed by atoms with Crippen LogP contribution in [0.15, 0.2) is 346 Å². The first kappa shape index (κ1) is 49.9. The summed E-state index contributed by atoms with van der Waals surface area (Å²) in [5.41, 5.74) is 26.9. The number of hydrogen-bond acceptors (Lipinski definition) is 1. The van der Waals surface area contributed by atoms with Gasteiger partial charge in [-0.05, 0) is 165 Å². The van der Waals surface area contributed by atoms with E-state index in [0.717, 1.165) is 22.6 Å². The summed E-state index contributed by atoms with van der Waals surface area (Å²) >= 11 is 0. The Morgan fingerprint density at radius 3 is 1.07 bits per heavy atom. The monoisotopic (exact) mass is 1080 g/mol. The molecule has 0 aliphatic heterocycles. The first-order chi connectivity index (χ1) is 42.2. The van der Waals surface area contributed by atoms with E-state index in [1.165, 1.54) is 116 Å². The summed E-state index contributed by atoms with van der Waals surface area (Å²) in [5, 5.41) is 2.50. The molecule has 1 heteroatoms. The summed E-state index contributed by atoms with van der Waals surface area (Å²) in [6.45, 7) is 0. The number of fused-ring (bicyclic) bond motifs is 7. The molecule has 0 N–H and O–H groups in total. The average molecular weight is 1080 g/mol. The van der Waals surface area contributed by atoms with Crippen molar-refractivity contribution >= 4 is 27.8 Å². The average Bonchev–Trinajstić information content (AvgIpc) is 1.61. The minimum absolute atomic E-state index is 0.489. The van der Waals surface area contributed by atoms with Crippen molar-refractivity contribution in [2.24, 2.45) is 0 Å². The molecule has 0 aromatic heterocycles. The molecule has 0 fully saturated rings. The summed E-state index contributed by atoms with van der Waals surface area (Å²) in [6.07, 6.45) is 0. The Kier molecular flexibility index (Phi) is 12.1. The van der Waals surface area contributed by atoms with Crippen molar-refractivity contribution in [1.82, 2.24) is 0 Å². The van der Waals surface area contributed by atoms with Gasteiger partial charge < -0.3 is 4.90 Å². The molecule has 0 heterocycles.